The molecule has 1 aromatic heterocycles. The summed E-state index contributed by atoms with van der Waals surface area (Å²) in [5.74, 6) is -4.10. The lowest BCUT2D eigenvalue weighted by atomic mass is 10.1. The van der Waals surface area contributed by atoms with E-state index >= 15 is 0 Å². The maximum absolute atomic E-state index is 13.4. The molecule has 0 aliphatic carbocycles. The molecular formula is C25H27N5O5. The molecule has 1 heterocycles. The highest BCUT2D eigenvalue weighted by Crippen LogP contribution is 2.22. The minimum Gasteiger partial charge on any atom is -0.405 e. The van der Waals surface area contributed by atoms with Crippen molar-refractivity contribution in [1.82, 2.24) is 9.88 Å². The van der Waals surface area contributed by atoms with Gasteiger partial charge in [-0.15, -0.1) is 0 Å². The first kappa shape index (κ1) is 25.2. The number of pyridine rings is 1. The molecule has 3 aromatic rings. The normalized spacial score (nSPS) is 12.3. The van der Waals surface area contributed by atoms with Crippen molar-refractivity contribution in [2.75, 3.05) is 11.9 Å². The van der Waals surface area contributed by atoms with Crippen LogP contribution in [0.15, 0.2) is 77.7 Å². The molecular weight excluding hydrogens is 450 g/mol. The van der Waals surface area contributed by atoms with Gasteiger partial charge >= 0.3 is 17.8 Å². The highest BCUT2D eigenvalue weighted by atomic mass is 16.7. The summed E-state index contributed by atoms with van der Waals surface area (Å²) in [6.07, 6.45) is 1.32. The van der Waals surface area contributed by atoms with E-state index in [4.69, 9.17) is 20.6 Å². The molecule has 35 heavy (non-hydrogen) atoms. The lowest BCUT2D eigenvalue weighted by molar-refractivity contribution is -0.264. The maximum Gasteiger partial charge on any atom is 0.387 e. The number of aromatic nitrogens is 1. The predicted molar refractivity (Wildman–Crippen MR) is 131 cm³/mol. The van der Waals surface area contributed by atoms with Crippen LogP contribution in [0.2, 0.25) is 0 Å². The summed E-state index contributed by atoms with van der Waals surface area (Å²) in [6.45, 7) is 2.75. The Hall–Kier alpha value is -4.44. The molecule has 0 spiro atoms. The fraction of sp³-hybridized carbons (Fsp3) is 0.200. The molecule has 1 amide bonds. The minimum absolute atomic E-state index is 0.0310. The van der Waals surface area contributed by atoms with Gasteiger partial charge in [0.15, 0.2) is 0 Å². The molecule has 0 saturated heterocycles. The summed E-state index contributed by atoms with van der Waals surface area (Å²) >= 11 is 0. The molecule has 0 fully saturated rings. The summed E-state index contributed by atoms with van der Waals surface area (Å²) in [5.41, 5.74) is 6.90. The Balaban J connectivity index is 1.96. The van der Waals surface area contributed by atoms with Crippen molar-refractivity contribution in [2.24, 2.45) is 5.73 Å². The van der Waals surface area contributed by atoms with E-state index in [0.717, 1.165) is 11.5 Å². The number of nitrogens with two attached hydrogens (primary N) is 1. The van der Waals surface area contributed by atoms with Crippen LogP contribution in [-0.4, -0.2) is 28.9 Å². The van der Waals surface area contributed by atoms with Gasteiger partial charge in [0.25, 0.3) is 5.56 Å². The Morgan fingerprint density at radius 2 is 1.74 bits per heavy atom. The van der Waals surface area contributed by atoms with E-state index < -0.39 is 23.3 Å². The third-order valence-electron chi connectivity index (χ3n) is 4.94. The number of anilines is 2. The van der Waals surface area contributed by atoms with Crippen LogP contribution in [0.4, 0.5) is 11.4 Å². The number of hydrogen-bond donors (Lipinski definition) is 4. The largest absolute Gasteiger partial charge is 0.405 e. The topological polar surface area (TPSA) is 149 Å². The number of benzene rings is 2. The van der Waals surface area contributed by atoms with Crippen molar-refractivity contribution in [3.05, 3.63) is 94.4 Å². The van der Waals surface area contributed by atoms with Crippen LogP contribution in [0.5, 0.6) is 0 Å². The predicted octanol–water partition coefficient (Wildman–Crippen LogP) is 2.40. The standard InChI is InChI=1S/C25H27N5O5/c1-3-34-25(35-17(2)31,24(33)28-16-18-11-13-19(14-12-18)22(26)27)30-15-7-10-21(23(30)32)29-20-8-5-4-6-9-20/h4-15,29H,3,16H2,1-2H3,(H3,26,27)(H,28,33)/t25-/m0/s1. The Morgan fingerprint density at radius 3 is 2.34 bits per heavy atom. The zero-order valence-electron chi connectivity index (χ0n) is 19.4. The zero-order valence-corrected chi connectivity index (χ0v) is 19.4. The van der Waals surface area contributed by atoms with Gasteiger partial charge in [0.05, 0.1) is 6.61 Å². The zero-order chi connectivity index (χ0) is 25.4. The van der Waals surface area contributed by atoms with Crippen LogP contribution in [0.3, 0.4) is 0 Å². The lowest BCUT2D eigenvalue weighted by Crippen LogP contribution is -2.56. The highest BCUT2D eigenvalue weighted by molar-refractivity contribution is 5.94. The number of amidine groups is 1. The average molecular weight is 478 g/mol. The molecule has 0 bridgehead atoms. The lowest BCUT2D eigenvalue weighted by Gasteiger charge is -2.32. The van der Waals surface area contributed by atoms with Gasteiger partial charge in [0.2, 0.25) is 0 Å². The highest BCUT2D eigenvalue weighted by Gasteiger charge is 2.46. The summed E-state index contributed by atoms with van der Waals surface area (Å²) in [6, 6.07) is 18.8. The molecule has 0 unspecified atom stereocenters. The van der Waals surface area contributed by atoms with Gasteiger partial charge in [0, 0.05) is 30.9 Å². The van der Waals surface area contributed by atoms with Gasteiger partial charge in [-0.1, -0.05) is 42.5 Å². The van der Waals surface area contributed by atoms with Crippen LogP contribution in [-0.2, 0) is 31.5 Å². The molecule has 182 valence electrons. The summed E-state index contributed by atoms with van der Waals surface area (Å²) in [4.78, 5) is 38.8. The van der Waals surface area contributed by atoms with Crippen molar-refractivity contribution >= 4 is 29.1 Å². The molecule has 3 rings (SSSR count). The van der Waals surface area contributed by atoms with E-state index in [1.54, 1.807) is 49.4 Å². The van der Waals surface area contributed by atoms with Gasteiger partial charge in [0.1, 0.15) is 11.5 Å². The fourth-order valence-electron chi connectivity index (χ4n) is 3.35. The number of para-hydroxylation sites is 1. The van der Waals surface area contributed by atoms with Gasteiger partial charge < -0.3 is 25.8 Å². The monoisotopic (exact) mass is 477 g/mol. The van der Waals surface area contributed by atoms with E-state index in [1.807, 2.05) is 18.2 Å². The summed E-state index contributed by atoms with van der Waals surface area (Å²) in [7, 11) is 0. The van der Waals surface area contributed by atoms with Crippen LogP contribution >= 0.6 is 0 Å². The number of rotatable bonds is 10. The van der Waals surface area contributed by atoms with Crippen molar-refractivity contribution in [3.8, 4) is 0 Å². The first-order valence-electron chi connectivity index (χ1n) is 10.9. The van der Waals surface area contributed by atoms with Crippen molar-refractivity contribution in [3.63, 3.8) is 0 Å². The van der Waals surface area contributed by atoms with Gasteiger partial charge in [-0.3, -0.25) is 19.8 Å². The van der Waals surface area contributed by atoms with E-state index in [1.165, 1.54) is 12.3 Å². The molecule has 0 aliphatic heterocycles. The minimum atomic E-state index is -2.37. The van der Waals surface area contributed by atoms with Gasteiger partial charge in [-0.05, 0) is 36.8 Å². The third kappa shape index (κ3) is 5.92. The SMILES string of the molecule is CCO[C@](OC(C)=O)(C(=O)NCc1ccc(C(=N)N)cc1)n1cccc(Nc2ccccc2)c1=O. The number of nitrogens with one attached hydrogen (secondary N) is 3. The second-order valence-electron chi connectivity index (χ2n) is 7.49. The summed E-state index contributed by atoms with van der Waals surface area (Å²) < 4.78 is 12.0. The van der Waals surface area contributed by atoms with Crippen LogP contribution < -0.4 is 21.9 Å². The molecule has 0 radical (unpaired) electrons. The Labute approximate surface area is 202 Å². The number of hydrogen-bond acceptors (Lipinski definition) is 7. The second kappa shape index (κ2) is 11.1. The number of esters is 1. The van der Waals surface area contributed by atoms with Crippen LogP contribution in [0, 0.1) is 5.41 Å². The first-order valence-corrected chi connectivity index (χ1v) is 10.9. The van der Waals surface area contributed by atoms with E-state index in [-0.39, 0.29) is 24.7 Å². The van der Waals surface area contributed by atoms with Crippen molar-refractivity contribution in [2.45, 2.75) is 26.3 Å². The number of ether oxygens (including phenoxy) is 2. The molecule has 10 heteroatoms. The Morgan fingerprint density at radius 1 is 1.06 bits per heavy atom. The van der Waals surface area contributed by atoms with Crippen LogP contribution in [0.25, 0.3) is 0 Å². The molecule has 0 aliphatic rings. The molecule has 2 aromatic carbocycles. The number of carbonyl (C=O) groups is 2. The smallest absolute Gasteiger partial charge is 0.387 e. The summed E-state index contributed by atoms with van der Waals surface area (Å²) in [5, 5.41) is 13.1. The quantitative estimate of drug-likeness (QED) is 0.152. The Bertz CT molecular complexity index is 1260. The molecule has 5 N–H and O–H groups in total. The fourth-order valence-corrected chi connectivity index (χ4v) is 3.35. The number of amides is 1. The van der Waals surface area contributed by atoms with E-state index in [0.29, 0.717) is 16.8 Å². The van der Waals surface area contributed by atoms with Crippen molar-refractivity contribution in [1.29, 1.82) is 5.41 Å². The van der Waals surface area contributed by atoms with E-state index in [2.05, 4.69) is 10.6 Å². The number of carbonyl (C=O) groups excluding carboxylic acids is 2. The van der Waals surface area contributed by atoms with Gasteiger partial charge in [-0.2, -0.15) is 0 Å². The maximum atomic E-state index is 13.4. The molecule has 10 nitrogen and oxygen atoms in total. The Kier molecular flexibility index (Phi) is 8.00. The average Bonchev–Trinajstić information content (AvgIpc) is 2.84. The van der Waals surface area contributed by atoms with E-state index in [9.17, 15) is 14.4 Å². The van der Waals surface area contributed by atoms with Crippen LogP contribution in [0.1, 0.15) is 25.0 Å². The third-order valence-corrected chi connectivity index (χ3v) is 4.94. The number of nitrogen functional groups attached to an aromatic ring is 1. The van der Waals surface area contributed by atoms with Gasteiger partial charge in [-0.25, -0.2) is 4.57 Å². The van der Waals surface area contributed by atoms with Crippen molar-refractivity contribution < 1.29 is 19.1 Å². The molecule has 1 atom stereocenters. The molecule has 0 saturated carbocycles. The second-order valence-corrected chi connectivity index (χ2v) is 7.49. The first-order chi connectivity index (χ1) is 16.8. The number of nitrogens with zero attached hydrogens (tertiary/aromatic N) is 1.